The average molecular weight is 469 g/mol. The molecular formula is C23H18BrFN2OS. The Bertz CT molecular complexity index is 1190. The predicted octanol–water partition coefficient (Wildman–Crippen LogP) is 6.93. The van der Waals surface area contributed by atoms with E-state index in [2.05, 4.69) is 26.2 Å². The summed E-state index contributed by atoms with van der Waals surface area (Å²) >= 11 is 4.93. The summed E-state index contributed by atoms with van der Waals surface area (Å²) in [6.07, 6.45) is 0.110. The fourth-order valence-electron chi connectivity index (χ4n) is 3.28. The van der Waals surface area contributed by atoms with Crippen molar-refractivity contribution in [2.24, 2.45) is 0 Å². The number of halogens is 2. The van der Waals surface area contributed by atoms with E-state index in [0.29, 0.717) is 16.3 Å². The lowest BCUT2D eigenvalue weighted by Crippen LogP contribution is -2.17. The zero-order valence-electron chi connectivity index (χ0n) is 15.7. The number of Topliss-reactive ketones (excluding diaryl/α,β-unsaturated/α-hetero) is 1. The highest BCUT2D eigenvalue weighted by Crippen LogP contribution is 2.33. The molecule has 1 N–H and O–H groups in total. The van der Waals surface area contributed by atoms with Crippen molar-refractivity contribution in [1.82, 2.24) is 4.98 Å². The fourth-order valence-corrected chi connectivity index (χ4v) is 4.78. The average Bonchev–Trinajstić information content (AvgIpc) is 3.12. The first kappa shape index (κ1) is 19.7. The van der Waals surface area contributed by atoms with Gasteiger partial charge in [0, 0.05) is 22.0 Å². The summed E-state index contributed by atoms with van der Waals surface area (Å²) in [7, 11) is 0. The maximum atomic E-state index is 14.6. The molecule has 0 radical (unpaired) electrons. The Morgan fingerprint density at radius 2 is 1.86 bits per heavy atom. The first-order valence-corrected chi connectivity index (χ1v) is 10.8. The molecule has 0 aliphatic carbocycles. The van der Waals surface area contributed by atoms with E-state index in [0.717, 1.165) is 20.3 Å². The second-order valence-electron chi connectivity index (χ2n) is 6.77. The van der Waals surface area contributed by atoms with Gasteiger partial charge in [0.05, 0.1) is 16.3 Å². The number of hydrogen-bond acceptors (Lipinski definition) is 4. The largest absolute Gasteiger partial charge is 0.354 e. The number of thiazole rings is 1. The first-order chi connectivity index (χ1) is 14.0. The number of rotatable bonds is 6. The van der Waals surface area contributed by atoms with Crippen LogP contribution < -0.4 is 5.32 Å². The predicted molar refractivity (Wildman–Crippen MR) is 120 cm³/mol. The minimum absolute atomic E-state index is 0.0736. The van der Waals surface area contributed by atoms with E-state index in [1.165, 1.54) is 17.4 Å². The standard InChI is InChI=1S/C23H18BrFN2OS/c1-14-7-6-12-21-22(14)27-23(29-21)26-19(16-9-3-5-11-18(16)25)13-20(28)15-8-2-4-10-17(15)24/h2-12,19H,13H2,1H3,(H,26,27). The summed E-state index contributed by atoms with van der Waals surface area (Å²) in [6.45, 7) is 2.01. The van der Waals surface area contributed by atoms with E-state index in [9.17, 15) is 9.18 Å². The third-order valence-corrected chi connectivity index (χ3v) is 6.41. The third kappa shape index (κ3) is 4.23. The number of para-hydroxylation sites is 1. The Balaban J connectivity index is 1.68. The molecule has 1 unspecified atom stereocenters. The lowest BCUT2D eigenvalue weighted by molar-refractivity contribution is 0.0975. The van der Waals surface area contributed by atoms with Crippen LogP contribution in [0.5, 0.6) is 0 Å². The molecule has 1 heterocycles. The van der Waals surface area contributed by atoms with Gasteiger partial charge in [-0.1, -0.05) is 75.8 Å². The molecule has 6 heteroatoms. The number of nitrogens with zero attached hydrogens (tertiary/aromatic N) is 1. The van der Waals surface area contributed by atoms with Crippen molar-refractivity contribution in [3.8, 4) is 0 Å². The zero-order valence-corrected chi connectivity index (χ0v) is 18.1. The normalized spacial score (nSPS) is 12.1. The van der Waals surface area contributed by atoms with Gasteiger partial charge in [0.25, 0.3) is 0 Å². The molecule has 0 aliphatic heterocycles. The number of hydrogen-bond donors (Lipinski definition) is 1. The third-order valence-electron chi connectivity index (χ3n) is 4.76. The van der Waals surface area contributed by atoms with E-state index < -0.39 is 6.04 Å². The molecule has 0 spiro atoms. The molecule has 3 aromatic carbocycles. The van der Waals surface area contributed by atoms with Gasteiger partial charge in [0.15, 0.2) is 10.9 Å². The van der Waals surface area contributed by atoms with E-state index in [4.69, 9.17) is 0 Å². The number of aryl methyl sites for hydroxylation is 1. The second kappa shape index (κ2) is 8.43. The SMILES string of the molecule is Cc1cccc2sc(NC(CC(=O)c3ccccc3Br)c3ccccc3F)nc12. The molecule has 4 rings (SSSR count). The number of carbonyl (C=O) groups excluding carboxylic acids is 1. The van der Waals surface area contributed by atoms with Crippen molar-refractivity contribution in [1.29, 1.82) is 0 Å². The van der Waals surface area contributed by atoms with Crippen LogP contribution in [-0.4, -0.2) is 10.8 Å². The topological polar surface area (TPSA) is 42.0 Å². The van der Waals surface area contributed by atoms with Crippen LogP contribution in [0.2, 0.25) is 0 Å². The molecule has 0 amide bonds. The number of nitrogens with one attached hydrogen (secondary N) is 1. The van der Waals surface area contributed by atoms with Crippen LogP contribution >= 0.6 is 27.3 Å². The lowest BCUT2D eigenvalue weighted by atomic mass is 9.97. The van der Waals surface area contributed by atoms with Gasteiger partial charge in [-0.25, -0.2) is 9.37 Å². The molecule has 3 nitrogen and oxygen atoms in total. The Kier molecular flexibility index (Phi) is 5.74. The summed E-state index contributed by atoms with van der Waals surface area (Å²) in [4.78, 5) is 17.6. The van der Waals surface area contributed by atoms with Crippen molar-refractivity contribution in [3.05, 3.63) is 93.7 Å². The number of benzene rings is 3. The quantitative estimate of drug-likeness (QED) is 0.311. The summed E-state index contributed by atoms with van der Waals surface area (Å²) in [5.74, 6) is -0.419. The van der Waals surface area contributed by atoms with Crippen LogP contribution in [0.1, 0.15) is 33.9 Å². The van der Waals surface area contributed by atoms with E-state index in [1.54, 1.807) is 24.3 Å². The molecule has 0 fully saturated rings. The van der Waals surface area contributed by atoms with Crippen LogP contribution in [0.3, 0.4) is 0 Å². The Hall–Kier alpha value is -2.57. The molecule has 1 atom stereocenters. The monoisotopic (exact) mass is 468 g/mol. The van der Waals surface area contributed by atoms with Crippen LogP contribution in [0.15, 0.2) is 71.2 Å². The molecule has 0 aliphatic rings. The first-order valence-electron chi connectivity index (χ1n) is 9.18. The van der Waals surface area contributed by atoms with Crippen molar-refractivity contribution in [2.75, 3.05) is 5.32 Å². The maximum absolute atomic E-state index is 14.6. The highest BCUT2D eigenvalue weighted by Gasteiger charge is 2.22. The van der Waals surface area contributed by atoms with Gasteiger partial charge in [-0.3, -0.25) is 4.79 Å². The Morgan fingerprint density at radius 1 is 1.10 bits per heavy atom. The molecule has 0 saturated carbocycles. The van der Waals surface area contributed by atoms with Crippen LogP contribution in [-0.2, 0) is 0 Å². The van der Waals surface area contributed by atoms with Gasteiger partial charge >= 0.3 is 0 Å². The summed E-state index contributed by atoms with van der Waals surface area (Å²) < 4.78 is 16.3. The summed E-state index contributed by atoms with van der Waals surface area (Å²) in [6, 6.07) is 19.3. The highest BCUT2D eigenvalue weighted by molar-refractivity contribution is 9.10. The van der Waals surface area contributed by atoms with E-state index in [1.807, 2.05) is 43.3 Å². The van der Waals surface area contributed by atoms with Gasteiger partial charge in [-0.2, -0.15) is 0 Å². The van der Waals surface area contributed by atoms with Crippen molar-refractivity contribution >= 4 is 48.4 Å². The molecule has 0 bridgehead atoms. The smallest absolute Gasteiger partial charge is 0.184 e. The zero-order chi connectivity index (χ0) is 20.4. The highest BCUT2D eigenvalue weighted by atomic mass is 79.9. The Morgan fingerprint density at radius 3 is 2.62 bits per heavy atom. The maximum Gasteiger partial charge on any atom is 0.184 e. The van der Waals surface area contributed by atoms with E-state index >= 15 is 0 Å². The molecule has 0 saturated heterocycles. The van der Waals surface area contributed by atoms with Gasteiger partial charge in [-0.15, -0.1) is 0 Å². The molecule has 146 valence electrons. The van der Waals surface area contributed by atoms with Crippen molar-refractivity contribution < 1.29 is 9.18 Å². The molecular weight excluding hydrogens is 451 g/mol. The molecule has 4 aromatic rings. The van der Waals surface area contributed by atoms with Gasteiger partial charge in [0.1, 0.15) is 5.82 Å². The number of ketones is 1. The van der Waals surface area contributed by atoms with Crippen LogP contribution in [0, 0.1) is 12.7 Å². The minimum atomic E-state index is -0.531. The van der Waals surface area contributed by atoms with Gasteiger partial charge in [0.2, 0.25) is 0 Å². The molecule has 29 heavy (non-hydrogen) atoms. The minimum Gasteiger partial charge on any atom is -0.354 e. The van der Waals surface area contributed by atoms with Crippen LogP contribution in [0.4, 0.5) is 9.52 Å². The summed E-state index contributed by atoms with van der Waals surface area (Å²) in [5, 5.41) is 3.97. The summed E-state index contributed by atoms with van der Waals surface area (Å²) in [5.41, 5.74) is 3.03. The number of anilines is 1. The number of carbonyl (C=O) groups is 1. The van der Waals surface area contributed by atoms with Crippen molar-refractivity contribution in [2.45, 2.75) is 19.4 Å². The lowest BCUT2D eigenvalue weighted by Gasteiger charge is -2.19. The number of fused-ring (bicyclic) bond motifs is 1. The molecule has 1 aromatic heterocycles. The van der Waals surface area contributed by atoms with Crippen molar-refractivity contribution in [3.63, 3.8) is 0 Å². The second-order valence-corrected chi connectivity index (χ2v) is 8.65. The van der Waals surface area contributed by atoms with E-state index in [-0.39, 0.29) is 18.0 Å². The van der Waals surface area contributed by atoms with Gasteiger partial charge < -0.3 is 5.32 Å². The van der Waals surface area contributed by atoms with Gasteiger partial charge in [-0.05, 0) is 30.7 Å². The number of aromatic nitrogens is 1. The fraction of sp³-hybridized carbons (Fsp3) is 0.130. The van der Waals surface area contributed by atoms with Crippen LogP contribution in [0.25, 0.3) is 10.2 Å². The Labute approximate surface area is 180 Å².